The number of nitrogens with one attached hydrogen (secondary N) is 1. The molecule has 0 spiro atoms. The smallest absolute Gasteiger partial charge is 0.196 e. The summed E-state index contributed by atoms with van der Waals surface area (Å²) >= 11 is 1.50. The first-order chi connectivity index (χ1) is 13.5. The van der Waals surface area contributed by atoms with E-state index in [-0.39, 0.29) is 16.8 Å². The molecule has 0 aliphatic carbocycles. The molecule has 1 aliphatic rings. The van der Waals surface area contributed by atoms with Gasteiger partial charge in [0.05, 0.1) is 18.1 Å². The minimum atomic E-state index is -2.93. The summed E-state index contributed by atoms with van der Waals surface area (Å²) in [6, 6.07) is 18.1. The molecule has 0 radical (unpaired) electrons. The van der Waals surface area contributed by atoms with Crippen molar-refractivity contribution in [3.8, 4) is 5.69 Å². The molecule has 0 amide bonds. The maximum Gasteiger partial charge on any atom is 0.196 e. The molecule has 0 bridgehead atoms. The van der Waals surface area contributed by atoms with Crippen LogP contribution >= 0.6 is 11.8 Å². The van der Waals surface area contributed by atoms with Crippen LogP contribution in [0.15, 0.2) is 59.8 Å². The van der Waals surface area contributed by atoms with E-state index in [2.05, 4.69) is 27.6 Å². The number of aryl methyl sites for hydroxylation is 1. The summed E-state index contributed by atoms with van der Waals surface area (Å²) in [5, 5.41) is 12.9. The number of rotatable bonds is 6. The molecule has 1 aliphatic heterocycles. The molecule has 146 valence electrons. The minimum Gasteiger partial charge on any atom is -0.378 e. The van der Waals surface area contributed by atoms with E-state index in [0.717, 1.165) is 22.4 Å². The molecule has 4 rings (SSSR count). The number of para-hydroxylation sites is 1. The van der Waals surface area contributed by atoms with Crippen molar-refractivity contribution in [3.05, 3.63) is 66.0 Å². The molecule has 3 aromatic rings. The number of hydrogen-bond acceptors (Lipinski definition) is 6. The van der Waals surface area contributed by atoms with Gasteiger partial charge in [-0.15, -0.1) is 10.2 Å². The average Bonchev–Trinajstić information content (AvgIpc) is 3.24. The van der Waals surface area contributed by atoms with Crippen molar-refractivity contribution < 1.29 is 8.42 Å². The van der Waals surface area contributed by atoms with E-state index < -0.39 is 9.84 Å². The van der Waals surface area contributed by atoms with Crippen molar-refractivity contribution in [3.63, 3.8) is 0 Å². The third kappa shape index (κ3) is 4.39. The van der Waals surface area contributed by atoms with Gasteiger partial charge in [-0.25, -0.2) is 8.42 Å². The molecule has 28 heavy (non-hydrogen) atoms. The first kappa shape index (κ1) is 19.0. The van der Waals surface area contributed by atoms with Gasteiger partial charge >= 0.3 is 0 Å². The van der Waals surface area contributed by atoms with E-state index in [1.54, 1.807) is 0 Å². The highest BCUT2D eigenvalue weighted by Crippen LogP contribution is 2.32. The summed E-state index contributed by atoms with van der Waals surface area (Å²) in [4.78, 5) is 0. The lowest BCUT2D eigenvalue weighted by Crippen LogP contribution is -2.10. The van der Waals surface area contributed by atoms with Crippen molar-refractivity contribution in [2.45, 2.75) is 30.3 Å². The van der Waals surface area contributed by atoms with Crippen LogP contribution in [0.2, 0.25) is 0 Å². The summed E-state index contributed by atoms with van der Waals surface area (Å²) in [5.41, 5.74) is 3.16. The summed E-state index contributed by atoms with van der Waals surface area (Å²) in [6.45, 7) is 2.57. The van der Waals surface area contributed by atoms with Gasteiger partial charge in [-0.2, -0.15) is 0 Å². The lowest BCUT2D eigenvalue weighted by Gasteiger charge is -2.13. The van der Waals surface area contributed by atoms with Crippen LogP contribution in [0, 0.1) is 6.92 Å². The molecule has 0 saturated carbocycles. The second kappa shape index (κ2) is 7.97. The first-order valence-electron chi connectivity index (χ1n) is 9.17. The minimum absolute atomic E-state index is 0.0216. The Bertz CT molecular complexity index is 1050. The predicted molar refractivity (Wildman–Crippen MR) is 113 cm³/mol. The van der Waals surface area contributed by atoms with Crippen LogP contribution in [0.3, 0.4) is 0 Å². The lowest BCUT2D eigenvalue weighted by molar-refractivity contribution is 0.602. The van der Waals surface area contributed by atoms with E-state index >= 15 is 0 Å². The van der Waals surface area contributed by atoms with Crippen LogP contribution in [0.4, 0.5) is 5.69 Å². The second-order valence-electron chi connectivity index (χ2n) is 6.93. The summed E-state index contributed by atoms with van der Waals surface area (Å²) in [6.07, 6.45) is 0.658. The highest BCUT2D eigenvalue weighted by molar-refractivity contribution is 8.01. The molecule has 8 heteroatoms. The lowest BCUT2D eigenvalue weighted by atomic mass is 10.2. The fourth-order valence-electron chi connectivity index (χ4n) is 3.18. The van der Waals surface area contributed by atoms with E-state index in [4.69, 9.17) is 0 Å². The Morgan fingerprint density at radius 3 is 2.54 bits per heavy atom. The number of anilines is 1. The molecule has 1 unspecified atom stereocenters. The number of nitrogens with zero attached hydrogens (tertiary/aromatic N) is 3. The maximum atomic E-state index is 11.8. The zero-order valence-electron chi connectivity index (χ0n) is 15.6. The van der Waals surface area contributed by atoms with Gasteiger partial charge in [0.25, 0.3) is 0 Å². The third-order valence-corrected chi connectivity index (χ3v) is 7.87. The van der Waals surface area contributed by atoms with Gasteiger partial charge < -0.3 is 5.32 Å². The van der Waals surface area contributed by atoms with Crippen LogP contribution in [-0.2, 0) is 16.4 Å². The Labute approximate surface area is 169 Å². The van der Waals surface area contributed by atoms with Crippen molar-refractivity contribution >= 4 is 27.3 Å². The molecule has 1 N–H and O–H groups in total. The summed E-state index contributed by atoms with van der Waals surface area (Å²) in [7, 11) is -2.93. The molecular weight excluding hydrogens is 392 g/mol. The Morgan fingerprint density at radius 1 is 1.11 bits per heavy atom. The number of aromatic nitrogens is 3. The fraction of sp³-hybridized carbons (Fsp3) is 0.300. The largest absolute Gasteiger partial charge is 0.378 e. The Hall–Kier alpha value is -2.32. The number of benzene rings is 2. The molecule has 6 nitrogen and oxygen atoms in total. The van der Waals surface area contributed by atoms with Crippen LogP contribution in [0.5, 0.6) is 0 Å². The van der Waals surface area contributed by atoms with E-state index in [1.807, 2.05) is 54.0 Å². The van der Waals surface area contributed by atoms with Gasteiger partial charge in [-0.05, 0) is 37.6 Å². The van der Waals surface area contributed by atoms with Gasteiger partial charge in [-0.1, -0.05) is 47.7 Å². The zero-order chi connectivity index (χ0) is 19.6. The zero-order valence-corrected chi connectivity index (χ0v) is 17.2. The van der Waals surface area contributed by atoms with Crippen molar-refractivity contribution in [1.82, 2.24) is 14.8 Å². The Balaban J connectivity index is 1.62. The van der Waals surface area contributed by atoms with E-state index in [9.17, 15) is 8.42 Å². The quantitative estimate of drug-likeness (QED) is 0.666. The molecule has 1 aromatic heterocycles. The van der Waals surface area contributed by atoms with Crippen molar-refractivity contribution in [2.24, 2.45) is 0 Å². The Morgan fingerprint density at radius 2 is 1.86 bits per heavy atom. The van der Waals surface area contributed by atoms with Crippen LogP contribution in [0.25, 0.3) is 5.69 Å². The van der Waals surface area contributed by atoms with Gasteiger partial charge in [0.2, 0.25) is 0 Å². The summed E-state index contributed by atoms with van der Waals surface area (Å²) < 4.78 is 25.7. The van der Waals surface area contributed by atoms with Gasteiger partial charge in [0, 0.05) is 16.6 Å². The topological polar surface area (TPSA) is 76.9 Å². The summed E-state index contributed by atoms with van der Waals surface area (Å²) in [5.74, 6) is 1.25. The average molecular weight is 415 g/mol. The first-order valence-corrected chi connectivity index (χ1v) is 11.9. The molecule has 1 saturated heterocycles. The molecule has 1 fully saturated rings. The standard InChI is InChI=1S/C20H22N4O2S2/c1-15-7-9-17(10-8-15)24-19(13-21-16-5-3-2-4-6-16)22-23-20(24)27-18-11-12-28(25,26)14-18/h2-10,18,21H,11-14H2,1H3. The van der Waals surface area contributed by atoms with Gasteiger partial charge in [0.15, 0.2) is 20.8 Å². The number of sulfone groups is 1. The van der Waals surface area contributed by atoms with Crippen molar-refractivity contribution in [1.29, 1.82) is 0 Å². The maximum absolute atomic E-state index is 11.8. The molecule has 2 aromatic carbocycles. The Kier molecular flexibility index (Phi) is 5.41. The number of thioether (sulfide) groups is 1. The van der Waals surface area contributed by atoms with Crippen LogP contribution in [0.1, 0.15) is 17.8 Å². The van der Waals surface area contributed by atoms with Crippen molar-refractivity contribution in [2.75, 3.05) is 16.8 Å². The highest BCUT2D eigenvalue weighted by atomic mass is 32.2. The van der Waals surface area contributed by atoms with Crippen LogP contribution in [-0.4, -0.2) is 39.9 Å². The molecule has 2 heterocycles. The molecular formula is C20H22N4O2S2. The highest BCUT2D eigenvalue weighted by Gasteiger charge is 2.30. The van der Waals surface area contributed by atoms with Gasteiger partial charge in [-0.3, -0.25) is 4.57 Å². The number of hydrogen-bond donors (Lipinski definition) is 1. The SMILES string of the molecule is Cc1ccc(-n2c(CNc3ccccc3)nnc2SC2CCS(=O)(=O)C2)cc1. The third-order valence-electron chi connectivity index (χ3n) is 4.68. The predicted octanol–water partition coefficient (Wildman–Crippen LogP) is 3.47. The van der Waals surface area contributed by atoms with E-state index in [0.29, 0.717) is 13.0 Å². The molecule has 1 atom stereocenters. The fourth-order valence-corrected chi connectivity index (χ4v) is 6.71. The second-order valence-corrected chi connectivity index (χ2v) is 10.4. The monoisotopic (exact) mass is 414 g/mol. The normalized spacial score (nSPS) is 18.2. The van der Waals surface area contributed by atoms with Crippen LogP contribution < -0.4 is 5.32 Å². The van der Waals surface area contributed by atoms with Gasteiger partial charge in [0.1, 0.15) is 0 Å². The van der Waals surface area contributed by atoms with E-state index in [1.165, 1.54) is 17.3 Å².